The predicted octanol–water partition coefficient (Wildman–Crippen LogP) is 19.4. The molecule has 408 valence electrons. The Morgan fingerprint density at radius 1 is 0.315 bits per heavy atom. The molecule has 0 amide bonds. The minimum Gasteiger partial charge on any atom is -0.744 e. The quantitative estimate of drug-likeness (QED) is 0.0248. The second-order valence-corrected chi connectivity index (χ2v) is 24.0. The van der Waals surface area contributed by atoms with Crippen LogP contribution in [0, 0.1) is 0 Å². The molecule has 4 aromatic rings. The maximum Gasteiger partial charge on any atom is 2.00 e. The predicted molar refractivity (Wildman–Crippen MR) is 313 cm³/mol. The van der Waals surface area contributed by atoms with Crippen LogP contribution in [0.1, 0.15) is 281 Å². The molecule has 0 unspecified atom stereocenters. The Kier molecular flexibility index (Phi) is 38.9. The van der Waals surface area contributed by atoms with Gasteiger partial charge < -0.3 is 9.11 Å². The van der Waals surface area contributed by atoms with Crippen LogP contribution in [0.5, 0.6) is 0 Å². The zero-order valence-corrected chi connectivity index (χ0v) is 53.1. The van der Waals surface area contributed by atoms with Crippen molar-refractivity contribution in [2.75, 3.05) is 0 Å². The van der Waals surface area contributed by atoms with Gasteiger partial charge in [-0.1, -0.05) is 282 Å². The van der Waals surface area contributed by atoms with Crippen molar-refractivity contribution in [3.05, 3.63) is 82.9 Å². The van der Waals surface area contributed by atoms with Crippen molar-refractivity contribution >= 4 is 90.7 Å². The fraction of sp³-hybridized carbons (Fsp3) is 0.688. The van der Waals surface area contributed by atoms with Crippen LogP contribution in [0.15, 0.2) is 70.5 Å². The average molecular weight is 1170 g/mol. The summed E-state index contributed by atoms with van der Waals surface area (Å²) < 4.78 is 74.9. The summed E-state index contributed by atoms with van der Waals surface area (Å²) in [6.07, 6.45) is 46.7. The van der Waals surface area contributed by atoms with Crippen molar-refractivity contribution in [3.63, 3.8) is 0 Å². The van der Waals surface area contributed by atoms with E-state index >= 15 is 0 Å². The van der Waals surface area contributed by atoms with E-state index in [1.165, 1.54) is 180 Å². The largest absolute Gasteiger partial charge is 2.00 e. The van der Waals surface area contributed by atoms with Crippen molar-refractivity contribution in [1.29, 1.82) is 0 Å². The van der Waals surface area contributed by atoms with E-state index in [1.807, 2.05) is 48.5 Å². The van der Waals surface area contributed by atoms with E-state index in [1.54, 1.807) is 0 Å². The van der Waals surface area contributed by atoms with E-state index in [0.29, 0.717) is 25.7 Å². The zero-order valence-electron chi connectivity index (χ0n) is 47.0. The van der Waals surface area contributed by atoms with Gasteiger partial charge in [-0.05, 0) is 107 Å². The third kappa shape index (κ3) is 28.3. The molecule has 0 fully saturated rings. The van der Waals surface area contributed by atoms with Gasteiger partial charge in [-0.25, -0.2) is 16.8 Å². The van der Waals surface area contributed by atoms with E-state index in [0.717, 1.165) is 95.2 Å². The fourth-order valence-electron chi connectivity index (χ4n) is 10.9. The van der Waals surface area contributed by atoms with E-state index in [2.05, 4.69) is 39.8 Å². The first-order valence-electron chi connectivity index (χ1n) is 30.0. The average Bonchev–Trinajstić information content (AvgIpc) is 3.35. The smallest absolute Gasteiger partial charge is 0.744 e. The number of unbranched alkanes of at least 4 members (excludes halogenated alkanes) is 32. The van der Waals surface area contributed by atoms with Crippen molar-refractivity contribution in [3.8, 4) is 0 Å². The van der Waals surface area contributed by atoms with Crippen molar-refractivity contribution in [1.82, 2.24) is 0 Å². The number of benzene rings is 4. The molecule has 0 aromatic heterocycles. The number of fused-ring (bicyclic) bond motifs is 2. The Labute approximate surface area is 489 Å². The van der Waals surface area contributed by atoms with Crippen LogP contribution in [0.3, 0.4) is 0 Å². The summed E-state index contributed by atoms with van der Waals surface area (Å²) in [5.74, 6) is 0. The van der Waals surface area contributed by atoms with Gasteiger partial charge in [0.25, 0.3) is 0 Å². The molecule has 6 nitrogen and oxygen atoms in total. The molecule has 0 spiro atoms. The van der Waals surface area contributed by atoms with Gasteiger partial charge in [-0.15, -0.1) is 0 Å². The first kappa shape index (κ1) is 67.9. The maximum atomic E-state index is 12.5. The van der Waals surface area contributed by atoms with Gasteiger partial charge in [-0.2, -0.15) is 0 Å². The standard InChI is InChI=1S/2C32H52O3S.Ba/c2*1-3-5-7-9-11-13-15-17-19-24-29-27-28-23-21-22-25-30(28)31(32(29)36(33,34)35)26-20-18-16-14-12-10-8-6-4-2;/h2*21-23,25,27H,3-20,24,26H2,1-2H3,(H,33,34,35);/q;;+2/p-2. The van der Waals surface area contributed by atoms with Crippen LogP contribution in [0.4, 0.5) is 0 Å². The maximum absolute atomic E-state index is 12.5. The molecule has 4 rings (SSSR count). The number of aryl methyl sites for hydroxylation is 4. The van der Waals surface area contributed by atoms with E-state index < -0.39 is 20.2 Å². The van der Waals surface area contributed by atoms with Gasteiger partial charge >= 0.3 is 48.9 Å². The van der Waals surface area contributed by atoms with Gasteiger partial charge in [0.05, 0.1) is 9.79 Å². The Balaban J connectivity index is 0.000000493. The molecule has 0 atom stereocenters. The molecule has 0 N–H and O–H groups in total. The number of hydrogen-bond acceptors (Lipinski definition) is 6. The topological polar surface area (TPSA) is 114 Å². The molecule has 0 aliphatic heterocycles. The Hall–Kier alpha value is -1.21. The molecule has 73 heavy (non-hydrogen) atoms. The monoisotopic (exact) mass is 1170 g/mol. The Bertz CT molecular complexity index is 2100. The molecule has 0 radical (unpaired) electrons. The summed E-state index contributed by atoms with van der Waals surface area (Å²) in [5.41, 5.74) is 2.99. The molecule has 0 bridgehead atoms. The summed E-state index contributed by atoms with van der Waals surface area (Å²) in [7, 11) is -9.05. The van der Waals surface area contributed by atoms with Gasteiger partial charge in [-0.3, -0.25) is 0 Å². The van der Waals surface area contributed by atoms with E-state index in [9.17, 15) is 25.9 Å². The molecule has 0 saturated heterocycles. The number of rotatable bonds is 42. The van der Waals surface area contributed by atoms with Crippen LogP contribution in [-0.4, -0.2) is 74.8 Å². The van der Waals surface area contributed by atoms with Crippen LogP contribution in [-0.2, 0) is 45.9 Å². The minimum absolute atomic E-state index is 0. The molecule has 0 heterocycles. The molecular formula is C64H102BaO6S2. The Morgan fingerprint density at radius 3 is 0.781 bits per heavy atom. The van der Waals surface area contributed by atoms with Gasteiger partial charge in [0.2, 0.25) is 0 Å². The van der Waals surface area contributed by atoms with Crippen LogP contribution in [0.2, 0.25) is 0 Å². The van der Waals surface area contributed by atoms with E-state index in [-0.39, 0.29) is 58.7 Å². The van der Waals surface area contributed by atoms with Gasteiger partial charge in [0, 0.05) is 0 Å². The van der Waals surface area contributed by atoms with Gasteiger partial charge in [0.1, 0.15) is 20.2 Å². The summed E-state index contributed by atoms with van der Waals surface area (Å²) >= 11 is 0. The first-order valence-corrected chi connectivity index (χ1v) is 32.8. The summed E-state index contributed by atoms with van der Waals surface area (Å²) in [5, 5.41) is 3.98. The summed E-state index contributed by atoms with van der Waals surface area (Å²) in [4.78, 5) is 0.167. The zero-order chi connectivity index (χ0) is 52.1. The van der Waals surface area contributed by atoms with Crippen molar-refractivity contribution < 1.29 is 25.9 Å². The van der Waals surface area contributed by atoms with Crippen LogP contribution < -0.4 is 0 Å². The number of hydrogen-bond donors (Lipinski definition) is 0. The molecule has 0 saturated carbocycles. The molecule has 4 aromatic carbocycles. The summed E-state index contributed by atoms with van der Waals surface area (Å²) in [6, 6.07) is 19.9. The molecular weight excluding hydrogens is 1070 g/mol. The van der Waals surface area contributed by atoms with Crippen molar-refractivity contribution in [2.24, 2.45) is 0 Å². The Morgan fingerprint density at radius 2 is 0.534 bits per heavy atom. The third-order valence-corrected chi connectivity index (χ3v) is 17.0. The molecule has 0 aliphatic carbocycles. The molecule has 0 aliphatic rings. The summed E-state index contributed by atoms with van der Waals surface area (Å²) in [6.45, 7) is 8.97. The van der Waals surface area contributed by atoms with Crippen LogP contribution >= 0.6 is 0 Å². The fourth-order valence-corrected chi connectivity index (χ4v) is 12.9. The normalized spacial score (nSPS) is 11.8. The van der Waals surface area contributed by atoms with Gasteiger partial charge in [0.15, 0.2) is 0 Å². The third-order valence-electron chi connectivity index (χ3n) is 15.0. The SMILES string of the molecule is CCCCCCCCCCCc1cc2ccccc2c(CCCCCCCCCCC)c1S(=O)(=O)[O-].CCCCCCCCCCCc1cc2ccccc2c(CCCCCCCCCCC)c1S(=O)(=O)[O-].[Ba+2]. The minimum atomic E-state index is -4.53. The van der Waals surface area contributed by atoms with E-state index in [4.69, 9.17) is 0 Å². The van der Waals surface area contributed by atoms with Crippen molar-refractivity contribution in [2.45, 2.75) is 294 Å². The second kappa shape index (κ2) is 41.8. The van der Waals surface area contributed by atoms with Crippen LogP contribution in [0.25, 0.3) is 21.5 Å². The molecule has 9 heteroatoms. The second-order valence-electron chi connectivity index (χ2n) is 21.4. The first-order chi connectivity index (χ1) is 35.0.